The van der Waals surface area contributed by atoms with E-state index < -0.39 is 11.7 Å². The van der Waals surface area contributed by atoms with Crippen LogP contribution >= 0.6 is 0 Å². The molecule has 0 bridgehead atoms. The highest BCUT2D eigenvalue weighted by molar-refractivity contribution is 6.07. The molecule has 0 unspecified atom stereocenters. The summed E-state index contributed by atoms with van der Waals surface area (Å²) < 4.78 is 20.1. The lowest BCUT2D eigenvalue weighted by Crippen LogP contribution is -2.33. The maximum atomic E-state index is 14.0. The van der Waals surface area contributed by atoms with E-state index in [0.717, 1.165) is 17.1 Å². The van der Waals surface area contributed by atoms with Crippen molar-refractivity contribution < 1.29 is 13.9 Å². The molecule has 0 saturated carbocycles. The van der Waals surface area contributed by atoms with E-state index in [1.54, 1.807) is 30.3 Å². The van der Waals surface area contributed by atoms with Crippen molar-refractivity contribution in [2.75, 3.05) is 12.4 Å². The van der Waals surface area contributed by atoms with Crippen LogP contribution in [0.15, 0.2) is 71.7 Å². The van der Waals surface area contributed by atoms with Crippen LogP contribution in [0.4, 0.5) is 15.8 Å². The molecule has 0 radical (unpaired) electrons. The summed E-state index contributed by atoms with van der Waals surface area (Å²) in [6, 6.07) is 19.0. The Labute approximate surface area is 174 Å². The summed E-state index contributed by atoms with van der Waals surface area (Å²) in [5.74, 6) is 0.947. The van der Waals surface area contributed by atoms with Gasteiger partial charge in [-0.25, -0.2) is 9.38 Å². The number of fused-ring (bicyclic) bond motifs is 2. The first-order valence-corrected chi connectivity index (χ1v) is 9.73. The monoisotopic (exact) mass is 403 g/mol. The molecule has 0 aliphatic carbocycles. The Morgan fingerprint density at radius 1 is 1.03 bits per heavy atom. The number of nitrogens with one attached hydrogen (secondary N) is 1. The number of benzene rings is 3. The van der Waals surface area contributed by atoms with Crippen LogP contribution in [0.5, 0.6) is 11.5 Å². The number of aliphatic imine (C=N–C) groups is 1. The summed E-state index contributed by atoms with van der Waals surface area (Å²) in [5.41, 5.74) is 1.99. The Morgan fingerprint density at radius 3 is 2.53 bits per heavy atom. The molecule has 3 aromatic carbocycles. The third-order valence-electron chi connectivity index (χ3n) is 5.02. The van der Waals surface area contributed by atoms with Gasteiger partial charge in [-0.2, -0.15) is 0 Å². The zero-order valence-corrected chi connectivity index (χ0v) is 17.0. The van der Waals surface area contributed by atoms with E-state index in [9.17, 15) is 9.18 Å². The second-order valence-electron chi connectivity index (χ2n) is 7.35. The quantitative estimate of drug-likeness (QED) is 0.619. The molecule has 0 atom stereocenters. The number of halogens is 1. The van der Waals surface area contributed by atoms with Crippen molar-refractivity contribution in [2.24, 2.45) is 4.99 Å². The fourth-order valence-electron chi connectivity index (χ4n) is 3.16. The highest BCUT2D eigenvalue weighted by Gasteiger charge is 2.23. The Balaban J connectivity index is 1.75. The van der Waals surface area contributed by atoms with Crippen molar-refractivity contribution in [3.05, 3.63) is 83.7 Å². The van der Waals surface area contributed by atoms with Crippen LogP contribution in [0, 0.1) is 5.82 Å². The number of hydrogen-bond acceptors (Lipinski definition) is 4. The molecule has 1 heterocycles. The second kappa shape index (κ2) is 7.99. The van der Waals surface area contributed by atoms with Crippen LogP contribution in [0.3, 0.4) is 0 Å². The number of anilines is 1. The van der Waals surface area contributed by atoms with Gasteiger partial charge in [-0.05, 0) is 56.3 Å². The van der Waals surface area contributed by atoms with E-state index in [1.807, 2.05) is 36.2 Å². The average molecular weight is 403 g/mol. The number of ether oxygens (including phenoxy) is 1. The van der Waals surface area contributed by atoms with Gasteiger partial charge in [-0.1, -0.05) is 24.3 Å². The zero-order chi connectivity index (χ0) is 21.3. The molecule has 0 spiro atoms. The lowest BCUT2D eigenvalue weighted by molar-refractivity contribution is 0.102. The molecule has 1 amide bonds. The number of carbonyl (C=O) groups is 1. The lowest BCUT2D eigenvalue weighted by atomic mass is 10.1. The molecule has 4 rings (SSSR count). The molecule has 152 valence electrons. The number of nitrogens with zero attached hydrogens (tertiary/aromatic N) is 2. The van der Waals surface area contributed by atoms with E-state index >= 15 is 0 Å². The van der Waals surface area contributed by atoms with Crippen LogP contribution in [0.2, 0.25) is 0 Å². The highest BCUT2D eigenvalue weighted by Crippen LogP contribution is 2.39. The molecule has 6 heteroatoms. The van der Waals surface area contributed by atoms with Crippen molar-refractivity contribution in [3.8, 4) is 11.5 Å². The van der Waals surface area contributed by atoms with Gasteiger partial charge in [0.25, 0.3) is 5.91 Å². The van der Waals surface area contributed by atoms with E-state index in [0.29, 0.717) is 17.2 Å². The number of para-hydroxylation sites is 2. The predicted molar refractivity (Wildman–Crippen MR) is 116 cm³/mol. The van der Waals surface area contributed by atoms with Gasteiger partial charge < -0.3 is 15.0 Å². The summed E-state index contributed by atoms with van der Waals surface area (Å²) in [4.78, 5) is 19.4. The normalized spacial score (nSPS) is 12.2. The molecule has 0 fully saturated rings. The van der Waals surface area contributed by atoms with Gasteiger partial charge in [0.1, 0.15) is 23.1 Å². The fraction of sp³-hybridized carbons (Fsp3) is 0.167. The summed E-state index contributed by atoms with van der Waals surface area (Å²) >= 11 is 0. The fourth-order valence-corrected chi connectivity index (χ4v) is 3.16. The van der Waals surface area contributed by atoms with E-state index in [-0.39, 0.29) is 11.6 Å². The van der Waals surface area contributed by atoms with Crippen LogP contribution in [0.25, 0.3) is 0 Å². The van der Waals surface area contributed by atoms with Gasteiger partial charge in [-0.3, -0.25) is 4.79 Å². The first kappa shape index (κ1) is 19.6. The third-order valence-corrected chi connectivity index (χ3v) is 5.02. The molecule has 1 aliphatic rings. The van der Waals surface area contributed by atoms with Crippen molar-refractivity contribution in [1.29, 1.82) is 0 Å². The summed E-state index contributed by atoms with van der Waals surface area (Å²) in [7, 11) is 1.96. The van der Waals surface area contributed by atoms with Crippen molar-refractivity contribution in [1.82, 2.24) is 4.90 Å². The van der Waals surface area contributed by atoms with E-state index in [1.165, 1.54) is 12.1 Å². The summed E-state index contributed by atoms with van der Waals surface area (Å²) in [6.45, 7) is 4.15. The molecule has 30 heavy (non-hydrogen) atoms. The number of carbonyl (C=O) groups excluding carboxylic acids is 1. The Bertz CT molecular complexity index is 1140. The molecule has 0 saturated heterocycles. The molecule has 0 aromatic heterocycles. The smallest absolute Gasteiger partial charge is 0.258 e. The maximum absolute atomic E-state index is 14.0. The van der Waals surface area contributed by atoms with Gasteiger partial charge in [-0.15, -0.1) is 0 Å². The number of amides is 1. The van der Waals surface area contributed by atoms with Crippen molar-refractivity contribution in [2.45, 2.75) is 19.9 Å². The highest BCUT2D eigenvalue weighted by atomic mass is 19.1. The van der Waals surface area contributed by atoms with Gasteiger partial charge in [0.05, 0.1) is 11.1 Å². The lowest BCUT2D eigenvalue weighted by Gasteiger charge is -2.26. The second-order valence-corrected chi connectivity index (χ2v) is 7.35. The van der Waals surface area contributed by atoms with E-state index in [4.69, 9.17) is 9.73 Å². The van der Waals surface area contributed by atoms with Crippen LogP contribution in [0.1, 0.15) is 29.8 Å². The van der Waals surface area contributed by atoms with Crippen LogP contribution in [-0.2, 0) is 0 Å². The van der Waals surface area contributed by atoms with E-state index in [2.05, 4.69) is 19.2 Å². The topological polar surface area (TPSA) is 53.9 Å². The van der Waals surface area contributed by atoms with Gasteiger partial charge in [0, 0.05) is 18.8 Å². The first-order valence-electron chi connectivity index (χ1n) is 9.73. The van der Waals surface area contributed by atoms with Crippen LogP contribution < -0.4 is 10.1 Å². The Kier molecular flexibility index (Phi) is 5.23. The molecule has 1 aliphatic heterocycles. The van der Waals surface area contributed by atoms with Crippen molar-refractivity contribution >= 4 is 23.1 Å². The van der Waals surface area contributed by atoms with Gasteiger partial charge >= 0.3 is 0 Å². The largest absolute Gasteiger partial charge is 0.454 e. The van der Waals surface area contributed by atoms with Crippen LogP contribution in [-0.4, -0.2) is 29.7 Å². The number of amidine groups is 1. The van der Waals surface area contributed by atoms with Gasteiger partial charge in [0.2, 0.25) is 0 Å². The Hall–Kier alpha value is -3.67. The summed E-state index contributed by atoms with van der Waals surface area (Å²) in [6.07, 6.45) is 0. The molecular weight excluding hydrogens is 381 g/mol. The van der Waals surface area contributed by atoms with Gasteiger partial charge in [0.15, 0.2) is 5.75 Å². The maximum Gasteiger partial charge on any atom is 0.258 e. The predicted octanol–water partition coefficient (Wildman–Crippen LogP) is 5.60. The number of hydrogen-bond donors (Lipinski definition) is 1. The SMILES string of the molecule is CC(C)N(C)C1=Nc2ccccc2Oc2ccc(NC(=O)c3ccccc3F)cc21. The molecule has 3 aromatic rings. The minimum absolute atomic E-state index is 0.00992. The molecule has 5 nitrogen and oxygen atoms in total. The minimum atomic E-state index is -0.565. The average Bonchev–Trinajstić information content (AvgIpc) is 2.90. The minimum Gasteiger partial charge on any atom is -0.454 e. The van der Waals surface area contributed by atoms with Crippen molar-refractivity contribution in [3.63, 3.8) is 0 Å². The Morgan fingerprint density at radius 2 is 1.77 bits per heavy atom. The third kappa shape index (κ3) is 3.76. The molecular formula is C24H22FN3O2. The molecule has 1 N–H and O–H groups in total. The standard InChI is InChI=1S/C24H22FN3O2/c1-15(2)28(3)23-18-14-16(26-24(29)17-8-4-5-9-19(17)25)12-13-21(18)30-22-11-7-6-10-20(22)27-23/h4-15H,1-3H3,(H,26,29). The zero-order valence-electron chi connectivity index (χ0n) is 17.0. The first-order chi connectivity index (χ1) is 14.4. The number of rotatable bonds is 3. The summed E-state index contributed by atoms with van der Waals surface area (Å²) in [5, 5.41) is 2.77.